The van der Waals surface area contributed by atoms with E-state index in [1.807, 2.05) is 0 Å². The molecule has 4 heteroatoms. The van der Waals surface area contributed by atoms with Crippen LogP contribution in [0.3, 0.4) is 0 Å². The summed E-state index contributed by atoms with van der Waals surface area (Å²) in [6.45, 7) is 4.90. The van der Waals surface area contributed by atoms with Gasteiger partial charge in [-0.1, -0.05) is 0 Å². The molecular formula is C8H18N2O2. The topological polar surface area (TPSA) is 58.7 Å². The first-order valence-electron chi connectivity index (χ1n) is 4.51. The Hall–Kier alpha value is -0.160. The van der Waals surface area contributed by atoms with Crippen molar-refractivity contribution in [2.24, 2.45) is 5.73 Å². The molecule has 1 fully saturated rings. The van der Waals surface area contributed by atoms with Crippen LogP contribution in [0.25, 0.3) is 0 Å². The number of nitrogens with two attached hydrogens (primary N) is 1. The number of nitrogens with zero attached hydrogens (tertiary/aromatic N) is 1. The number of hydrogen-bond acceptors (Lipinski definition) is 4. The van der Waals surface area contributed by atoms with Crippen LogP contribution >= 0.6 is 0 Å². The van der Waals surface area contributed by atoms with Gasteiger partial charge in [-0.15, -0.1) is 0 Å². The minimum Gasteiger partial charge on any atom is -0.392 e. The summed E-state index contributed by atoms with van der Waals surface area (Å²) in [5, 5.41) is 9.21. The fourth-order valence-electron chi connectivity index (χ4n) is 1.27. The highest BCUT2D eigenvalue weighted by atomic mass is 16.5. The van der Waals surface area contributed by atoms with Crippen LogP contribution in [0.4, 0.5) is 0 Å². The van der Waals surface area contributed by atoms with Crippen molar-refractivity contribution in [3.63, 3.8) is 0 Å². The van der Waals surface area contributed by atoms with Gasteiger partial charge in [-0.3, -0.25) is 4.90 Å². The van der Waals surface area contributed by atoms with E-state index in [1.54, 1.807) is 0 Å². The molecule has 0 aromatic carbocycles. The quantitative estimate of drug-likeness (QED) is 0.575. The molecule has 1 saturated heterocycles. The van der Waals surface area contributed by atoms with Gasteiger partial charge in [0, 0.05) is 26.2 Å². The maximum absolute atomic E-state index is 9.21. The Morgan fingerprint density at radius 1 is 1.42 bits per heavy atom. The zero-order chi connectivity index (χ0) is 8.81. The zero-order valence-electron chi connectivity index (χ0n) is 7.41. The minimum atomic E-state index is -0.340. The van der Waals surface area contributed by atoms with Crippen LogP contribution in [-0.2, 0) is 4.74 Å². The van der Waals surface area contributed by atoms with Gasteiger partial charge in [0.2, 0.25) is 0 Å². The van der Waals surface area contributed by atoms with Gasteiger partial charge in [-0.25, -0.2) is 0 Å². The number of hydrogen-bond donors (Lipinski definition) is 2. The second-order valence-corrected chi connectivity index (χ2v) is 3.13. The first-order valence-corrected chi connectivity index (χ1v) is 4.51. The van der Waals surface area contributed by atoms with E-state index < -0.39 is 0 Å². The molecule has 0 aromatic rings. The van der Waals surface area contributed by atoms with Crippen LogP contribution in [0.2, 0.25) is 0 Å². The predicted octanol–water partition coefficient (Wildman–Crippen LogP) is -0.972. The van der Waals surface area contributed by atoms with Gasteiger partial charge < -0.3 is 15.6 Å². The molecule has 0 aromatic heterocycles. The summed E-state index contributed by atoms with van der Waals surface area (Å²) in [7, 11) is 0. The van der Waals surface area contributed by atoms with Gasteiger partial charge in [0.05, 0.1) is 19.3 Å². The van der Waals surface area contributed by atoms with Crippen LogP contribution in [0.5, 0.6) is 0 Å². The van der Waals surface area contributed by atoms with Gasteiger partial charge in [0.1, 0.15) is 0 Å². The summed E-state index contributed by atoms with van der Waals surface area (Å²) in [4.78, 5) is 2.29. The van der Waals surface area contributed by atoms with Gasteiger partial charge in [-0.2, -0.15) is 0 Å². The van der Waals surface area contributed by atoms with E-state index in [0.29, 0.717) is 6.54 Å². The monoisotopic (exact) mass is 174 g/mol. The SMILES string of the molecule is NC[C@H](O)CCN1CCOCC1. The average molecular weight is 174 g/mol. The largest absolute Gasteiger partial charge is 0.392 e. The second kappa shape index (κ2) is 5.48. The highest BCUT2D eigenvalue weighted by Crippen LogP contribution is 1.99. The summed E-state index contributed by atoms with van der Waals surface area (Å²) in [6.07, 6.45) is 0.434. The number of aliphatic hydroxyl groups is 1. The van der Waals surface area contributed by atoms with Crippen LogP contribution < -0.4 is 5.73 Å². The lowest BCUT2D eigenvalue weighted by molar-refractivity contribution is 0.0308. The molecule has 3 N–H and O–H groups in total. The summed E-state index contributed by atoms with van der Waals surface area (Å²) in [5.74, 6) is 0. The maximum Gasteiger partial charge on any atom is 0.0674 e. The lowest BCUT2D eigenvalue weighted by Gasteiger charge is -2.27. The third-order valence-electron chi connectivity index (χ3n) is 2.15. The van der Waals surface area contributed by atoms with Crippen molar-refractivity contribution in [2.45, 2.75) is 12.5 Å². The molecule has 1 atom stereocenters. The summed E-state index contributed by atoms with van der Waals surface area (Å²) in [5.41, 5.74) is 5.29. The normalized spacial score (nSPS) is 22.5. The Kier molecular flexibility index (Phi) is 4.53. The van der Waals surface area contributed by atoms with E-state index in [4.69, 9.17) is 10.5 Å². The Morgan fingerprint density at radius 3 is 2.67 bits per heavy atom. The molecular weight excluding hydrogens is 156 g/mol. The maximum atomic E-state index is 9.21. The Bertz CT molecular complexity index is 116. The van der Waals surface area contributed by atoms with Crippen molar-refractivity contribution >= 4 is 0 Å². The Balaban J connectivity index is 2.05. The first kappa shape index (κ1) is 9.92. The molecule has 72 valence electrons. The molecule has 0 aliphatic carbocycles. The predicted molar refractivity (Wildman–Crippen MR) is 46.9 cm³/mol. The van der Waals surface area contributed by atoms with E-state index >= 15 is 0 Å². The van der Waals surface area contributed by atoms with Crippen LogP contribution in [0.15, 0.2) is 0 Å². The van der Waals surface area contributed by atoms with E-state index in [2.05, 4.69) is 4.90 Å². The molecule has 0 unspecified atom stereocenters. The zero-order valence-corrected chi connectivity index (χ0v) is 7.41. The number of rotatable bonds is 4. The van der Waals surface area contributed by atoms with E-state index in [0.717, 1.165) is 39.3 Å². The molecule has 1 heterocycles. The molecule has 1 aliphatic rings. The molecule has 0 bridgehead atoms. The van der Waals surface area contributed by atoms with Gasteiger partial charge in [0.15, 0.2) is 0 Å². The number of ether oxygens (including phenoxy) is 1. The molecule has 1 aliphatic heterocycles. The smallest absolute Gasteiger partial charge is 0.0674 e. The fourth-order valence-corrected chi connectivity index (χ4v) is 1.27. The van der Waals surface area contributed by atoms with E-state index in [-0.39, 0.29) is 6.10 Å². The molecule has 4 nitrogen and oxygen atoms in total. The lowest BCUT2D eigenvalue weighted by Crippen LogP contribution is -2.38. The summed E-state index contributed by atoms with van der Waals surface area (Å²) in [6, 6.07) is 0. The lowest BCUT2D eigenvalue weighted by atomic mass is 10.2. The Morgan fingerprint density at radius 2 is 2.08 bits per heavy atom. The third kappa shape index (κ3) is 3.49. The van der Waals surface area contributed by atoms with Crippen LogP contribution in [-0.4, -0.2) is 55.5 Å². The third-order valence-corrected chi connectivity index (χ3v) is 2.15. The molecule has 0 spiro atoms. The van der Waals surface area contributed by atoms with Crippen LogP contribution in [0, 0.1) is 0 Å². The number of aliphatic hydroxyl groups excluding tert-OH is 1. The van der Waals surface area contributed by atoms with E-state index in [9.17, 15) is 5.11 Å². The standard InChI is InChI=1S/C8H18N2O2/c9-7-8(11)1-2-10-3-5-12-6-4-10/h8,11H,1-7,9H2/t8-/m1/s1. The van der Waals surface area contributed by atoms with Crippen molar-refractivity contribution in [3.8, 4) is 0 Å². The van der Waals surface area contributed by atoms with Crippen molar-refractivity contribution < 1.29 is 9.84 Å². The van der Waals surface area contributed by atoms with Gasteiger partial charge >= 0.3 is 0 Å². The molecule has 0 saturated carbocycles. The molecule has 0 amide bonds. The second-order valence-electron chi connectivity index (χ2n) is 3.13. The first-order chi connectivity index (χ1) is 5.83. The van der Waals surface area contributed by atoms with Crippen LogP contribution in [0.1, 0.15) is 6.42 Å². The Labute approximate surface area is 73.3 Å². The van der Waals surface area contributed by atoms with Gasteiger partial charge in [-0.05, 0) is 6.42 Å². The average Bonchev–Trinajstić information content (AvgIpc) is 2.16. The van der Waals surface area contributed by atoms with Gasteiger partial charge in [0.25, 0.3) is 0 Å². The van der Waals surface area contributed by atoms with Crippen molar-refractivity contribution in [1.29, 1.82) is 0 Å². The fraction of sp³-hybridized carbons (Fsp3) is 1.00. The molecule has 1 rings (SSSR count). The van der Waals surface area contributed by atoms with Crippen molar-refractivity contribution in [1.82, 2.24) is 4.90 Å². The van der Waals surface area contributed by atoms with Crippen molar-refractivity contribution in [2.75, 3.05) is 39.4 Å². The summed E-state index contributed by atoms with van der Waals surface area (Å²) < 4.78 is 5.20. The highest BCUT2D eigenvalue weighted by molar-refractivity contribution is 4.65. The highest BCUT2D eigenvalue weighted by Gasteiger charge is 2.11. The molecule has 12 heavy (non-hydrogen) atoms. The summed E-state index contributed by atoms with van der Waals surface area (Å²) >= 11 is 0. The minimum absolute atomic E-state index is 0.340. The van der Waals surface area contributed by atoms with E-state index in [1.165, 1.54) is 0 Å². The van der Waals surface area contributed by atoms with Crippen molar-refractivity contribution in [3.05, 3.63) is 0 Å². The number of morpholine rings is 1. The molecule has 0 radical (unpaired) electrons.